The summed E-state index contributed by atoms with van der Waals surface area (Å²) in [4.78, 5) is 11.8. The number of rotatable bonds is 4. The highest BCUT2D eigenvalue weighted by Crippen LogP contribution is 2.22. The van der Waals surface area contributed by atoms with E-state index in [1.54, 1.807) is 42.5 Å². The van der Waals surface area contributed by atoms with E-state index < -0.39 is 10.0 Å². The number of carbonyl (C=O) groups is 1. The summed E-state index contributed by atoms with van der Waals surface area (Å²) >= 11 is 0. The predicted molar refractivity (Wildman–Crippen MR) is 81.9 cm³/mol. The van der Waals surface area contributed by atoms with Crippen LogP contribution in [0.5, 0.6) is 0 Å². The smallest absolute Gasteiger partial charge is 0.264 e. The van der Waals surface area contributed by atoms with E-state index in [0.29, 0.717) is 11.3 Å². The van der Waals surface area contributed by atoms with E-state index in [4.69, 9.17) is 0 Å². The number of hydrogen-bond acceptors (Lipinski definition) is 3. The molecule has 0 bridgehead atoms. The van der Waals surface area contributed by atoms with Crippen molar-refractivity contribution >= 4 is 21.6 Å². The lowest BCUT2D eigenvalue weighted by Crippen LogP contribution is -2.27. The molecule has 110 valence electrons. The second-order valence-electron chi connectivity index (χ2n) is 4.42. The van der Waals surface area contributed by atoms with Gasteiger partial charge in [0.15, 0.2) is 0 Å². The zero-order chi connectivity index (χ0) is 15.5. The fourth-order valence-corrected chi connectivity index (χ4v) is 3.09. The monoisotopic (exact) mass is 304 g/mol. The molecule has 5 nitrogen and oxygen atoms in total. The van der Waals surface area contributed by atoms with Crippen molar-refractivity contribution < 1.29 is 13.2 Å². The fraction of sp³-hybridized carbons (Fsp3) is 0.133. The minimum absolute atomic E-state index is 0.206. The average molecular weight is 304 g/mol. The maximum Gasteiger partial charge on any atom is 0.264 e. The molecule has 0 saturated carbocycles. The van der Waals surface area contributed by atoms with E-state index in [1.165, 1.54) is 26.2 Å². The van der Waals surface area contributed by atoms with E-state index in [1.807, 2.05) is 0 Å². The second kappa shape index (κ2) is 5.97. The molecular formula is C15H16N2O3S. The van der Waals surface area contributed by atoms with Crippen molar-refractivity contribution in [2.75, 3.05) is 18.4 Å². The number of anilines is 1. The molecule has 0 aliphatic carbocycles. The largest absolute Gasteiger partial charge is 0.355 e. The molecule has 2 aromatic rings. The molecule has 0 aromatic heterocycles. The van der Waals surface area contributed by atoms with Crippen molar-refractivity contribution in [3.63, 3.8) is 0 Å². The summed E-state index contributed by atoms with van der Waals surface area (Å²) in [6, 6.07) is 14.6. The Balaban J connectivity index is 2.40. The van der Waals surface area contributed by atoms with Crippen molar-refractivity contribution in [1.29, 1.82) is 0 Å². The first-order chi connectivity index (χ1) is 9.96. The Bertz CT molecular complexity index is 743. The molecular weight excluding hydrogens is 288 g/mol. The Kier molecular flexibility index (Phi) is 4.28. The predicted octanol–water partition coefficient (Wildman–Crippen LogP) is 1.87. The number of nitrogens with zero attached hydrogens (tertiary/aromatic N) is 1. The Morgan fingerprint density at radius 3 is 2.33 bits per heavy atom. The van der Waals surface area contributed by atoms with Crippen LogP contribution in [0.2, 0.25) is 0 Å². The topological polar surface area (TPSA) is 66.5 Å². The van der Waals surface area contributed by atoms with Crippen LogP contribution in [-0.2, 0) is 10.0 Å². The van der Waals surface area contributed by atoms with Crippen molar-refractivity contribution in [2.24, 2.45) is 0 Å². The highest BCUT2D eigenvalue weighted by molar-refractivity contribution is 7.92. The molecule has 0 saturated heterocycles. The van der Waals surface area contributed by atoms with Crippen LogP contribution >= 0.6 is 0 Å². The second-order valence-corrected chi connectivity index (χ2v) is 6.38. The zero-order valence-electron chi connectivity index (χ0n) is 11.8. The molecule has 0 radical (unpaired) electrons. The van der Waals surface area contributed by atoms with Gasteiger partial charge in [-0.3, -0.25) is 9.10 Å². The van der Waals surface area contributed by atoms with Gasteiger partial charge in [-0.25, -0.2) is 8.42 Å². The van der Waals surface area contributed by atoms with Crippen LogP contribution in [0.4, 0.5) is 5.69 Å². The number of carbonyl (C=O) groups excluding carboxylic acids is 1. The summed E-state index contributed by atoms with van der Waals surface area (Å²) in [5.74, 6) is -0.262. The van der Waals surface area contributed by atoms with Crippen LogP contribution in [0, 0.1) is 0 Å². The van der Waals surface area contributed by atoms with Crippen molar-refractivity contribution in [2.45, 2.75) is 4.90 Å². The van der Waals surface area contributed by atoms with E-state index in [9.17, 15) is 13.2 Å². The molecule has 0 heterocycles. The van der Waals surface area contributed by atoms with Gasteiger partial charge in [0.2, 0.25) is 0 Å². The number of nitrogens with one attached hydrogen (secondary N) is 1. The number of sulfonamides is 1. The van der Waals surface area contributed by atoms with Crippen molar-refractivity contribution in [3.8, 4) is 0 Å². The molecule has 0 spiro atoms. The molecule has 0 aliphatic rings. The zero-order valence-corrected chi connectivity index (χ0v) is 12.6. The van der Waals surface area contributed by atoms with Crippen LogP contribution < -0.4 is 9.62 Å². The van der Waals surface area contributed by atoms with Crippen LogP contribution in [0.15, 0.2) is 59.5 Å². The van der Waals surface area contributed by atoms with Gasteiger partial charge in [-0.05, 0) is 30.3 Å². The molecule has 1 N–H and O–H groups in total. The molecule has 0 unspecified atom stereocenters. The van der Waals surface area contributed by atoms with E-state index in [-0.39, 0.29) is 10.8 Å². The average Bonchev–Trinajstić information content (AvgIpc) is 2.54. The molecule has 0 atom stereocenters. The first-order valence-corrected chi connectivity index (χ1v) is 7.77. The maximum atomic E-state index is 12.5. The highest BCUT2D eigenvalue weighted by Gasteiger charge is 2.21. The maximum absolute atomic E-state index is 12.5. The van der Waals surface area contributed by atoms with E-state index in [2.05, 4.69) is 5.32 Å². The summed E-state index contributed by atoms with van der Waals surface area (Å²) in [5.41, 5.74) is 0.838. The van der Waals surface area contributed by atoms with Gasteiger partial charge in [-0.1, -0.05) is 24.3 Å². The lowest BCUT2D eigenvalue weighted by Gasteiger charge is -2.20. The molecule has 2 aromatic carbocycles. The lowest BCUT2D eigenvalue weighted by molar-refractivity contribution is 0.0963. The third-order valence-electron chi connectivity index (χ3n) is 3.10. The molecule has 0 aliphatic heterocycles. The van der Waals surface area contributed by atoms with E-state index >= 15 is 0 Å². The van der Waals surface area contributed by atoms with Crippen LogP contribution in [0.3, 0.4) is 0 Å². The Hall–Kier alpha value is -2.34. The van der Waals surface area contributed by atoms with Gasteiger partial charge in [0, 0.05) is 19.7 Å². The van der Waals surface area contributed by atoms with Crippen LogP contribution in [0.1, 0.15) is 10.4 Å². The van der Waals surface area contributed by atoms with Gasteiger partial charge >= 0.3 is 0 Å². The minimum atomic E-state index is -3.64. The molecule has 2 rings (SSSR count). The minimum Gasteiger partial charge on any atom is -0.355 e. The SMILES string of the molecule is CNC(=O)c1cccc(N(C)S(=O)(=O)c2ccccc2)c1. The molecule has 0 fully saturated rings. The quantitative estimate of drug-likeness (QED) is 0.937. The molecule has 1 amide bonds. The number of hydrogen-bond donors (Lipinski definition) is 1. The van der Waals surface area contributed by atoms with Gasteiger partial charge in [0.25, 0.3) is 15.9 Å². The van der Waals surface area contributed by atoms with Gasteiger partial charge in [0.05, 0.1) is 10.6 Å². The summed E-state index contributed by atoms with van der Waals surface area (Å²) in [6.07, 6.45) is 0. The van der Waals surface area contributed by atoms with Crippen molar-refractivity contribution in [1.82, 2.24) is 5.32 Å². The number of benzene rings is 2. The lowest BCUT2D eigenvalue weighted by atomic mass is 10.2. The van der Waals surface area contributed by atoms with Gasteiger partial charge < -0.3 is 5.32 Å². The first kappa shape index (κ1) is 15.1. The number of amides is 1. The summed E-state index contributed by atoms with van der Waals surface area (Å²) in [5, 5.41) is 2.51. The van der Waals surface area contributed by atoms with Gasteiger partial charge in [-0.15, -0.1) is 0 Å². The third-order valence-corrected chi connectivity index (χ3v) is 4.90. The van der Waals surface area contributed by atoms with Gasteiger partial charge in [0.1, 0.15) is 0 Å². The summed E-state index contributed by atoms with van der Waals surface area (Å²) in [6.45, 7) is 0. The normalized spacial score (nSPS) is 11.0. The van der Waals surface area contributed by atoms with Crippen LogP contribution in [-0.4, -0.2) is 28.4 Å². The summed E-state index contributed by atoms with van der Waals surface area (Å²) in [7, 11) is -0.649. The van der Waals surface area contributed by atoms with E-state index in [0.717, 1.165) is 4.31 Å². The standard InChI is InChI=1S/C15H16N2O3S/c1-16-15(18)12-7-6-8-13(11-12)17(2)21(19,20)14-9-4-3-5-10-14/h3-11H,1-2H3,(H,16,18). The van der Waals surface area contributed by atoms with Crippen LogP contribution in [0.25, 0.3) is 0 Å². The summed E-state index contributed by atoms with van der Waals surface area (Å²) < 4.78 is 26.2. The van der Waals surface area contributed by atoms with Gasteiger partial charge in [-0.2, -0.15) is 0 Å². The fourth-order valence-electron chi connectivity index (χ4n) is 1.88. The Morgan fingerprint density at radius 2 is 1.71 bits per heavy atom. The first-order valence-electron chi connectivity index (χ1n) is 6.33. The molecule has 6 heteroatoms. The third kappa shape index (κ3) is 3.05. The highest BCUT2D eigenvalue weighted by atomic mass is 32.2. The Morgan fingerprint density at radius 1 is 1.05 bits per heavy atom. The molecule has 21 heavy (non-hydrogen) atoms. The van der Waals surface area contributed by atoms with Crippen molar-refractivity contribution in [3.05, 3.63) is 60.2 Å². The Labute approximate surface area is 124 Å².